The fourth-order valence-electron chi connectivity index (χ4n) is 3.70. The minimum absolute atomic E-state index is 0.0595. The van der Waals surface area contributed by atoms with Crippen molar-refractivity contribution in [3.63, 3.8) is 0 Å². The maximum atomic E-state index is 12.7. The third kappa shape index (κ3) is 6.41. The van der Waals surface area contributed by atoms with E-state index >= 15 is 0 Å². The molecule has 1 amide bonds. The summed E-state index contributed by atoms with van der Waals surface area (Å²) in [6.45, 7) is 2.35. The van der Waals surface area contributed by atoms with E-state index in [9.17, 15) is 10.1 Å². The quantitative estimate of drug-likeness (QED) is 0.125. The maximum Gasteiger partial charge on any atom is 0.262 e. The van der Waals surface area contributed by atoms with Gasteiger partial charge in [-0.15, -0.1) is 0 Å². The van der Waals surface area contributed by atoms with Crippen LogP contribution >= 0.6 is 45.2 Å². The van der Waals surface area contributed by atoms with Crippen LogP contribution in [0.5, 0.6) is 5.75 Å². The van der Waals surface area contributed by atoms with Gasteiger partial charge in [-0.1, -0.05) is 66.7 Å². The van der Waals surface area contributed by atoms with Gasteiger partial charge in [-0.3, -0.25) is 4.79 Å². The monoisotopic (exact) mass is 684 g/mol. The number of nitrogens with one attached hydrogen (secondary N) is 1. The van der Waals surface area contributed by atoms with Crippen LogP contribution in [0.3, 0.4) is 0 Å². The molecule has 0 saturated heterocycles. The predicted molar refractivity (Wildman–Crippen MR) is 157 cm³/mol. The number of benzene rings is 4. The normalized spacial score (nSPS) is 12.1. The molecule has 4 aromatic carbocycles. The molecule has 0 aromatic heterocycles. The first-order valence-corrected chi connectivity index (χ1v) is 13.2. The molecular formula is C29H22I2N2O2. The highest BCUT2D eigenvalue weighted by atomic mass is 127. The Bertz CT molecular complexity index is 1420. The van der Waals surface area contributed by atoms with Crippen LogP contribution < -0.4 is 10.1 Å². The fourth-order valence-corrected chi connectivity index (χ4v) is 5.83. The fraction of sp³-hybridized carbons (Fsp3) is 0.103. The largest absolute Gasteiger partial charge is 0.487 e. The third-order valence-electron chi connectivity index (χ3n) is 5.54. The molecule has 6 heteroatoms. The molecule has 0 aliphatic heterocycles. The lowest BCUT2D eigenvalue weighted by Gasteiger charge is -2.14. The van der Waals surface area contributed by atoms with Gasteiger partial charge < -0.3 is 10.1 Å². The highest BCUT2D eigenvalue weighted by Crippen LogP contribution is 2.31. The number of hydrogen-bond acceptors (Lipinski definition) is 3. The Morgan fingerprint density at radius 2 is 1.63 bits per heavy atom. The van der Waals surface area contributed by atoms with Gasteiger partial charge in [0, 0.05) is 0 Å². The number of hydrogen-bond donors (Lipinski definition) is 1. The molecule has 0 heterocycles. The topological polar surface area (TPSA) is 62.1 Å². The number of amides is 1. The first-order valence-electron chi connectivity index (χ1n) is 11.0. The maximum absolute atomic E-state index is 12.7. The molecule has 0 aliphatic rings. The zero-order chi connectivity index (χ0) is 24.8. The number of nitriles is 1. The van der Waals surface area contributed by atoms with E-state index in [2.05, 4.69) is 80.8 Å². The van der Waals surface area contributed by atoms with Crippen molar-refractivity contribution in [1.29, 1.82) is 5.26 Å². The van der Waals surface area contributed by atoms with Crippen LogP contribution in [-0.4, -0.2) is 5.91 Å². The zero-order valence-corrected chi connectivity index (χ0v) is 23.3. The van der Waals surface area contributed by atoms with Gasteiger partial charge in [-0.2, -0.15) is 5.26 Å². The Hall–Kier alpha value is -2.90. The Morgan fingerprint density at radius 1 is 0.971 bits per heavy atom. The summed E-state index contributed by atoms with van der Waals surface area (Å²) >= 11 is 4.46. The van der Waals surface area contributed by atoms with Crippen molar-refractivity contribution in [2.24, 2.45) is 0 Å². The highest BCUT2D eigenvalue weighted by molar-refractivity contribution is 14.1. The van der Waals surface area contributed by atoms with Crippen molar-refractivity contribution in [2.75, 3.05) is 0 Å². The Morgan fingerprint density at radius 3 is 2.31 bits per heavy atom. The van der Waals surface area contributed by atoms with Crippen molar-refractivity contribution >= 4 is 67.9 Å². The van der Waals surface area contributed by atoms with Crippen molar-refractivity contribution in [3.8, 4) is 11.8 Å². The minimum Gasteiger partial charge on any atom is -0.487 e. The van der Waals surface area contributed by atoms with E-state index in [1.54, 1.807) is 6.08 Å². The molecule has 1 N–H and O–H groups in total. The van der Waals surface area contributed by atoms with E-state index in [0.717, 1.165) is 29.6 Å². The molecule has 4 nitrogen and oxygen atoms in total. The van der Waals surface area contributed by atoms with Crippen LogP contribution in [-0.2, 0) is 11.4 Å². The van der Waals surface area contributed by atoms with Gasteiger partial charge in [0.15, 0.2) is 0 Å². The van der Waals surface area contributed by atoms with Gasteiger partial charge in [-0.25, -0.2) is 0 Å². The summed E-state index contributed by atoms with van der Waals surface area (Å²) in [6.07, 6.45) is 1.62. The van der Waals surface area contributed by atoms with Crippen LogP contribution in [0.1, 0.15) is 29.7 Å². The van der Waals surface area contributed by atoms with E-state index in [4.69, 9.17) is 4.74 Å². The number of ether oxygens (including phenoxy) is 1. The van der Waals surface area contributed by atoms with Crippen molar-refractivity contribution in [3.05, 3.63) is 114 Å². The Kier molecular flexibility index (Phi) is 8.42. The Labute approximate surface area is 232 Å². The number of fused-ring (bicyclic) bond motifs is 1. The van der Waals surface area contributed by atoms with Crippen LogP contribution in [0.25, 0.3) is 16.8 Å². The predicted octanol–water partition coefficient (Wildman–Crippen LogP) is 7.41. The summed E-state index contributed by atoms with van der Waals surface area (Å²) in [5.41, 5.74) is 2.91. The summed E-state index contributed by atoms with van der Waals surface area (Å²) in [5.74, 6) is 0.391. The van der Waals surface area contributed by atoms with Gasteiger partial charge in [0.1, 0.15) is 24.0 Å². The number of halogens is 2. The lowest BCUT2D eigenvalue weighted by atomic mass is 10.1. The summed E-state index contributed by atoms with van der Waals surface area (Å²) in [4.78, 5) is 12.7. The smallest absolute Gasteiger partial charge is 0.262 e. The second-order valence-electron chi connectivity index (χ2n) is 8.06. The molecule has 0 fully saturated rings. The number of carbonyl (C=O) groups is 1. The molecule has 174 valence electrons. The summed E-state index contributed by atoms with van der Waals surface area (Å²) < 4.78 is 7.99. The summed E-state index contributed by atoms with van der Waals surface area (Å²) in [7, 11) is 0. The van der Waals surface area contributed by atoms with Crippen LogP contribution in [0.2, 0.25) is 0 Å². The van der Waals surface area contributed by atoms with E-state index in [1.165, 1.54) is 10.8 Å². The average molecular weight is 684 g/mol. The van der Waals surface area contributed by atoms with Crippen LogP contribution in [0, 0.1) is 18.5 Å². The van der Waals surface area contributed by atoms with Crippen LogP contribution in [0.15, 0.2) is 90.5 Å². The van der Waals surface area contributed by atoms with Crippen molar-refractivity contribution in [1.82, 2.24) is 5.32 Å². The third-order valence-corrected chi connectivity index (χ3v) is 7.14. The number of rotatable bonds is 7. The number of nitrogens with zero attached hydrogens (tertiary/aromatic N) is 1. The molecule has 0 radical (unpaired) electrons. The van der Waals surface area contributed by atoms with E-state index < -0.39 is 5.91 Å². The van der Waals surface area contributed by atoms with Gasteiger partial charge in [-0.05, 0) is 104 Å². The highest BCUT2D eigenvalue weighted by Gasteiger charge is 2.15. The summed E-state index contributed by atoms with van der Waals surface area (Å²) in [5, 5.41) is 14.9. The molecule has 0 aliphatic carbocycles. The van der Waals surface area contributed by atoms with Gasteiger partial charge in [0.2, 0.25) is 0 Å². The second kappa shape index (κ2) is 11.7. The SMILES string of the molecule is C[C@@H](NC(=O)/C(C#N)=C\c1cc(I)c(OCc2ccc3ccccc3c2)c(I)c1)c1ccccc1. The molecule has 0 unspecified atom stereocenters. The lowest BCUT2D eigenvalue weighted by molar-refractivity contribution is -0.117. The van der Waals surface area contributed by atoms with Gasteiger partial charge in [0.05, 0.1) is 13.2 Å². The molecular weight excluding hydrogens is 662 g/mol. The van der Waals surface area contributed by atoms with E-state index in [1.807, 2.05) is 67.6 Å². The first-order chi connectivity index (χ1) is 16.9. The lowest BCUT2D eigenvalue weighted by Crippen LogP contribution is -2.27. The average Bonchev–Trinajstić information content (AvgIpc) is 2.87. The molecule has 4 aromatic rings. The Balaban J connectivity index is 1.48. The minimum atomic E-state index is -0.398. The van der Waals surface area contributed by atoms with E-state index in [-0.39, 0.29) is 11.6 Å². The molecule has 0 bridgehead atoms. The molecule has 4 rings (SSSR count). The molecule has 0 saturated carbocycles. The second-order valence-corrected chi connectivity index (χ2v) is 10.4. The zero-order valence-electron chi connectivity index (χ0n) is 19.0. The van der Waals surface area contributed by atoms with Crippen LogP contribution in [0.4, 0.5) is 0 Å². The van der Waals surface area contributed by atoms with Crippen molar-refractivity contribution in [2.45, 2.75) is 19.6 Å². The standard InChI is InChI=1S/C29H22I2N2O2/c1-19(22-7-3-2-4-8-22)33-29(34)25(17-32)14-21-15-26(30)28(27(31)16-21)35-18-20-11-12-23-9-5-6-10-24(23)13-20/h2-16,19H,18H2,1H3,(H,33,34)/b25-14-/t19-/m1/s1. The first kappa shape index (κ1) is 25.2. The molecule has 35 heavy (non-hydrogen) atoms. The number of carbonyl (C=O) groups excluding carboxylic acids is 1. The molecule has 0 spiro atoms. The summed E-state index contributed by atoms with van der Waals surface area (Å²) in [6, 6.07) is 29.9. The van der Waals surface area contributed by atoms with Gasteiger partial charge in [0.25, 0.3) is 5.91 Å². The van der Waals surface area contributed by atoms with E-state index in [0.29, 0.717) is 6.61 Å². The molecule has 1 atom stereocenters. The van der Waals surface area contributed by atoms with Crippen molar-refractivity contribution < 1.29 is 9.53 Å². The van der Waals surface area contributed by atoms with Gasteiger partial charge >= 0.3 is 0 Å².